The normalized spacial score (nSPS) is 47.0. The smallest absolute Gasteiger partial charge is 0.152 e. The molecule has 2 heteroatoms. The first kappa shape index (κ1) is 17.9. The van der Waals surface area contributed by atoms with Gasteiger partial charge in [0.25, 0.3) is 0 Å². The summed E-state index contributed by atoms with van der Waals surface area (Å²) < 4.78 is 5.81. The molecule has 4 aliphatic rings. The van der Waals surface area contributed by atoms with Crippen LogP contribution < -0.4 is 0 Å². The highest BCUT2D eigenvalue weighted by molar-refractivity contribution is 5.41. The minimum atomic E-state index is -1.14. The lowest BCUT2D eigenvalue weighted by molar-refractivity contribution is -0.0854. The molecule has 6 atom stereocenters. The second kappa shape index (κ2) is 5.77. The van der Waals surface area contributed by atoms with Crippen LogP contribution in [0, 0.1) is 40.9 Å². The molecule has 1 N–H and O–H groups in total. The molecule has 0 saturated heterocycles. The number of terminal acetylenes is 1. The molecule has 26 heavy (non-hydrogen) atoms. The van der Waals surface area contributed by atoms with Gasteiger partial charge in [0.15, 0.2) is 5.60 Å². The summed E-state index contributed by atoms with van der Waals surface area (Å²) in [7, 11) is 0. The Morgan fingerprint density at radius 3 is 2.81 bits per heavy atom. The number of rotatable bonds is 2. The van der Waals surface area contributed by atoms with Crippen molar-refractivity contribution >= 4 is 0 Å². The van der Waals surface area contributed by atoms with Gasteiger partial charge in [-0.3, -0.25) is 0 Å². The third-order valence-corrected chi connectivity index (χ3v) is 8.46. The number of aliphatic hydroxyl groups is 1. The van der Waals surface area contributed by atoms with E-state index in [0.717, 1.165) is 56.5 Å². The zero-order valence-electron chi connectivity index (χ0n) is 16.5. The molecule has 0 amide bonds. The lowest BCUT2D eigenvalue weighted by Gasteiger charge is -2.57. The third-order valence-electron chi connectivity index (χ3n) is 8.46. The average Bonchev–Trinajstić information content (AvgIpc) is 2.83. The van der Waals surface area contributed by atoms with Crippen molar-refractivity contribution in [3.63, 3.8) is 0 Å². The van der Waals surface area contributed by atoms with Crippen LogP contribution >= 0.6 is 0 Å². The van der Waals surface area contributed by atoms with Gasteiger partial charge >= 0.3 is 0 Å². The van der Waals surface area contributed by atoms with Gasteiger partial charge in [-0.15, -0.1) is 6.42 Å². The SMILES string of the molecule is C#C[C@]1(O)C(=C)C[C@H]2[C@@H]3CC=C4C=C(OCC)CC[C@]4(C)[C@H]3CC[C@@]21C. The van der Waals surface area contributed by atoms with Crippen LogP contribution in [-0.2, 0) is 4.74 Å². The van der Waals surface area contributed by atoms with Gasteiger partial charge in [-0.2, -0.15) is 0 Å². The standard InChI is InChI=1S/C24H32O2/c1-6-24(25)16(3)14-21-19-9-8-17-15-18(26-7-2)10-12-22(17,4)20(19)11-13-23(21,24)5/h1,8,15,19-21,25H,3,7,9-14H2,2,4-5H3/t19-,20+,21+,22+,23+,24+/m1/s1. The zero-order valence-corrected chi connectivity index (χ0v) is 16.5. The Labute approximate surface area is 158 Å². The lowest BCUT2D eigenvalue weighted by Crippen LogP contribution is -2.53. The molecule has 0 aliphatic heterocycles. The minimum Gasteiger partial charge on any atom is -0.498 e. The summed E-state index contributed by atoms with van der Waals surface area (Å²) in [6.45, 7) is 11.6. The molecule has 0 aromatic rings. The summed E-state index contributed by atoms with van der Waals surface area (Å²) in [4.78, 5) is 0. The molecule has 0 radical (unpaired) electrons. The van der Waals surface area contributed by atoms with Crippen molar-refractivity contribution in [3.05, 3.63) is 35.6 Å². The van der Waals surface area contributed by atoms with E-state index in [0.29, 0.717) is 17.8 Å². The lowest BCUT2D eigenvalue weighted by atomic mass is 9.47. The highest BCUT2D eigenvalue weighted by Crippen LogP contribution is 2.67. The Morgan fingerprint density at radius 1 is 1.35 bits per heavy atom. The van der Waals surface area contributed by atoms with Crippen molar-refractivity contribution in [1.29, 1.82) is 0 Å². The fourth-order valence-corrected chi connectivity index (χ4v) is 6.83. The highest BCUT2D eigenvalue weighted by atomic mass is 16.5. The second-order valence-corrected chi connectivity index (χ2v) is 9.35. The highest BCUT2D eigenvalue weighted by Gasteiger charge is 2.64. The Hall–Kier alpha value is -1.46. The van der Waals surface area contributed by atoms with E-state index in [1.54, 1.807) is 0 Å². The summed E-state index contributed by atoms with van der Waals surface area (Å²) in [6, 6.07) is 0. The predicted octanol–water partition coefficient (Wildman–Crippen LogP) is 5.01. The van der Waals surface area contributed by atoms with Crippen LogP contribution in [0.4, 0.5) is 0 Å². The Kier molecular flexibility index (Phi) is 3.98. The molecule has 2 nitrogen and oxygen atoms in total. The van der Waals surface area contributed by atoms with E-state index in [1.807, 2.05) is 0 Å². The van der Waals surface area contributed by atoms with Crippen LogP contribution in [-0.4, -0.2) is 17.3 Å². The maximum Gasteiger partial charge on any atom is 0.152 e. The van der Waals surface area contributed by atoms with E-state index in [-0.39, 0.29) is 10.8 Å². The van der Waals surface area contributed by atoms with E-state index >= 15 is 0 Å². The fraction of sp³-hybridized carbons (Fsp3) is 0.667. The number of allylic oxidation sites excluding steroid dienone is 4. The largest absolute Gasteiger partial charge is 0.498 e. The molecule has 0 heterocycles. The van der Waals surface area contributed by atoms with Crippen LogP contribution in [0.1, 0.15) is 59.3 Å². The first-order valence-corrected chi connectivity index (χ1v) is 10.2. The van der Waals surface area contributed by atoms with E-state index < -0.39 is 5.60 Å². The van der Waals surface area contributed by atoms with Crippen molar-refractivity contribution in [2.75, 3.05) is 6.61 Å². The second-order valence-electron chi connectivity index (χ2n) is 9.35. The van der Waals surface area contributed by atoms with Gasteiger partial charge in [0.05, 0.1) is 12.4 Å². The van der Waals surface area contributed by atoms with Gasteiger partial charge in [-0.1, -0.05) is 32.4 Å². The summed E-state index contributed by atoms with van der Waals surface area (Å²) in [5, 5.41) is 11.2. The number of ether oxygens (including phenoxy) is 1. The van der Waals surface area contributed by atoms with Crippen LogP contribution in [0.25, 0.3) is 0 Å². The molecule has 2 saturated carbocycles. The molecule has 0 aromatic carbocycles. The van der Waals surface area contributed by atoms with Gasteiger partial charge < -0.3 is 9.84 Å². The molecular weight excluding hydrogens is 320 g/mol. The predicted molar refractivity (Wildman–Crippen MR) is 105 cm³/mol. The van der Waals surface area contributed by atoms with Gasteiger partial charge in [0, 0.05) is 11.8 Å². The summed E-state index contributed by atoms with van der Waals surface area (Å²) in [5.74, 6) is 5.55. The molecule has 0 spiro atoms. The van der Waals surface area contributed by atoms with Crippen molar-refractivity contribution < 1.29 is 9.84 Å². The first-order chi connectivity index (χ1) is 12.3. The van der Waals surface area contributed by atoms with E-state index in [1.165, 1.54) is 5.57 Å². The van der Waals surface area contributed by atoms with Gasteiger partial charge in [0.2, 0.25) is 0 Å². The van der Waals surface area contributed by atoms with E-state index in [9.17, 15) is 5.11 Å². The summed E-state index contributed by atoms with van der Waals surface area (Å²) >= 11 is 0. The molecule has 2 fully saturated rings. The number of hydrogen-bond acceptors (Lipinski definition) is 2. The van der Waals surface area contributed by atoms with E-state index in [4.69, 9.17) is 11.2 Å². The third kappa shape index (κ3) is 2.10. The minimum absolute atomic E-state index is 0.225. The number of hydrogen-bond donors (Lipinski definition) is 1. The van der Waals surface area contributed by atoms with Crippen LogP contribution in [0.5, 0.6) is 0 Å². The van der Waals surface area contributed by atoms with Crippen molar-refractivity contribution in [1.82, 2.24) is 0 Å². The van der Waals surface area contributed by atoms with Crippen LogP contribution in [0.3, 0.4) is 0 Å². The molecule has 4 rings (SSSR count). The molecule has 4 aliphatic carbocycles. The van der Waals surface area contributed by atoms with Crippen molar-refractivity contribution in [2.24, 2.45) is 28.6 Å². The van der Waals surface area contributed by atoms with Crippen LogP contribution in [0.2, 0.25) is 0 Å². The van der Waals surface area contributed by atoms with Gasteiger partial charge in [-0.25, -0.2) is 0 Å². The Balaban J connectivity index is 1.70. The fourth-order valence-electron chi connectivity index (χ4n) is 6.83. The average molecular weight is 353 g/mol. The molecular formula is C24H32O2. The van der Waals surface area contributed by atoms with Crippen molar-refractivity contribution in [3.8, 4) is 12.3 Å². The van der Waals surface area contributed by atoms with Gasteiger partial charge in [0.1, 0.15) is 0 Å². The Bertz CT molecular complexity index is 738. The maximum atomic E-state index is 11.2. The quantitative estimate of drug-likeness (QED) is 0.559. The zero-order chi connectivity index (χ0) is 18.7. The maximum absolute atomic E-state index is 11.2. The monoisotopic (exact) mass is 352 g/mol. The van der Waals surface area contributed by atoms with E-state index in [2.05, 4.69) is 45.4 Å². The van der Waals surface area contributed by atoms with Gasteiger partial charge in [-0.05, 0) is 79.4 Å². The Morgan fingerprint density at radius 2 is 2.12 bits per heavy atom. The topological polar surface area (TPSA) is 29.5 Å². The summed E-state index contributed by atoms with van der Waals surface area (Å²) in [5.41, 5.74) is 1.18. The summed E-state index contributed by atoms with van der Waals surface area (Å²) in [6.07, 6.45) is 16.8. The molecule has 140 valence electrons. The molecule has 0 bridgehead atoms. The van der Waals surface area contributed by atoms with Crippen LogP contribution in [0.15, 0.2) is 35.6 Å². The molecule has 0 aromatic heterocycles. The van der Waals surface area contributed by atoms with Crippen molar-refractivity contribution in [2.45, 2.75) is 64.9 Å². The first-order valence-electron chi connectivity index (χ1n) is 10.2. The number of fused-ring (bicyclic) bond motifs is 5. The molecule has 0 unspecified atom stereocenters.